The van der Waals surface area contributed by atoms with Gasteiger partial charge in [-0.15, -0.1) is 11.3 Å². The summed E-state index contributed by atoms with van der Waals surface area (Å²) in [5, 5.41) is 5.51. The normalized spacial score (nSPS) is 13.8. The maximum atomic E-state index is 15.0. The third-order valence-electron chi connectivity index (χ3n) is 6.03. The number of rotatable bonds is 6. The molecule has 0 spiro atoms. The number of nitrogens with zero attached hydrogens (tertiary/aromatic N) is 2. The van der Waals surface area contributed by atoms with E-state index in [-0.39, 0.29) is 23.2 Å². The first-order chi connectivity index (χ1) is 19.4. The molecule has 2 aromatic carbocycles. The minimum Gasteiger partial charge on any atom is -0.616 e. The van der Waals surface area contributed by atoms with Gasteiger partial charge in [0.1, 0.15) is 17.3 Å². The molecular formula is C29H25FN4O3S3. The summed E-state index contributed by atoms with van der Waals surface area (Å²) in [5.74, 6) is 7.42. The number of thiophene rings is 1. The zero-order valence-corrected chi connectivity index (χ0v) is 23.8. The fourth-order valence-electron chi connectivity index (χ4n) is 4.02. The lowest BCUT2D eigenvalue weighted by atomic mass is 10.1. The van der Waals surface area contributed by atoms with Crippen molar-refractivity contribution >= 4 is 61.7 Å². The van der Waals surface area contributed by atoms with Crippen LogP contribution < -0.4 is 15.4 Å². The summed E-state index contributed by atoms with van der Waals surface area (Å²) in [7, 11) is 0. The average Bonchev–Trinajstić information content (AvgIpc) is 3.36. The number of pyridine rings is 1. The monoisotopic (exact) mass is 592 g/mol. The summed E-state index contributed by atoms with van der Waals surface area (Å²) in [6.45, 7) is 2.21. The number of nitrogens with one attached hydrogen (secondary N) is 2. The molecule has 5 rings (SSSR count). The Balaban J connectivity index is 1.20. The Bertz CT molecular complexity index is 1580. The van der Waals surface area contributed by atoms with Crippen LogP contribution in [0.1, 0.15) is 10.4 Å². The van der Waals surface area contributed by atoms with E-state index in [9.17, 15) is 13.7 Å². The number of hydrogen-bond acceptors (Lipinski definition) is 7. The van der Waals surface area contributed by atoms with Crippen molar-refractivity contribution in [3.8, 4) is 23.3 Å². The van der Waals surface area contributed by atoms with E-state index in [1.807, 2.05) is 36.4 Å². The molecule has 0 atom stereocenters. The quantitative estimate of drug-likeness (QED) is 0.191. The van der Waals surface area contributed by atoms with Gasteiger partial charge in [-0.25, -0.2) is 4.39 Å². The summed E-state index contributed by atoms with van der Waals surface area (Å²) >= 11 is 5.93. The molecule has 7 nitrogen and oxygen atoms in total. The fourth-order valence-corrected chi connectivity index (χ4v) is 6.32. The second-order valence-corrected chi connectivity index (χ2v) is 12.1. The van der Waals surface area contributed by atoms with E-state index in [0.717, 1.165) is 33.7 Å². The molecule has 1 aliphatic heterocycles. The van der Waals surface area contributed by atoms with Gasteiger partial charge in [-0.1, -0.05) is 53.3 Å². The Morgan fingerprint density at radius 3 is 2.73 bits per heavy atom. The van der Waals surface area contributed by atoms with Crippen LogP contribution in [-0.4, -0.2) is 56.6 Å². The molecule has 0 aliphatic carbocycles. The van der Waals surface area contributed by atoms with Gasteiger partial charge in [0.25, 0.3) is 0 Å². The standard InChI is InChI=1S/C29H25FN4O3S3/c30-23-18-21(32-29(38)33-27(35)17-20-5-2-1-3-6-20)8-9-25(23)37-26-10-11-31-24-19-22(39-28(24)26)7-4-12-34-13-15-40(36)16-14-34/h1-3,5-6,8-11,18-19H,12-17H2,(H2,32,33,35,38). The van der Waals surface area contributed by atoms with Crippen LogP contribution in [0.5, 0.6) is 11.5 Å². The number of ether oxygens (including phenoxy) is 1. The molecular weight excluding hydrogens is 568 g/mol. The first kappa shape index (κ1) is 28.0. The number of fused-ring (bicyclic) bond motifs is 1. The van der Waals surface area contributed by atoms with Crippen molar-refractivity contribution in [2.75, 3.05) is 36.5 Å². The Kier molecular flexibility index (Phi) is 9.26. The summed E-state index contributed by atoms with van der Waals surface area (Å²) < 4.78 is 33.2. The van der Waals surface area contributed by atoms with Crippen LogP contribution in [0, 0.1) is 17.7 Å². The van der Waals surface area contributed by atoms with Gasteiger partial charge in [0.15, 0.2) is 16.7 Å². The van der Waals surface area contributed by atoms with Crippen LogP contribution >= 0.6 is 23.6 Å². The second kappa shape index (κ2) is 13.2. The van der Waals surface area contributed by atoms with Crippen LogP contribution in [0.2, 0.25) is 0 Å². The van der Waals surface area contributed by atoms with E-state index in [2.05, 4.69) is 32.4 Å². The topological polar surface area (TPSA) is 89.5 Å². The van der Waals surface area contributed by atoms with Crippen LogP contribution in [0.15, 0.2) is 66.9 Å². The molecule has 204 valence electrons. The number of carbonyl (C=O) groups excluding carboxylic acids is 1. The maximum Gasteiger partial charge on any atom is 0.230 e. The summed E-state index contributed by atoms with van der Waals surface area (Å²) in [5.41, 5.74) is 1.96. The minimum absolute atomic E-state index is 0.0422. The van der Waals surface area contributed by atoms with Gasteiger partial charge in [-0.05, 0) is 36.0 Å². The third-order valence-corrected chi connectivity index (χ3v) is 8.56. The Hall–Kier alpha value is -3.53. The molecule has 0 radical (unpaired) electrons. The van der Waals surface area contributed by atoms with Gasteiger partial charge in [0, 0.05) is 37.1 Å². The molecule has 4 aromatic rings. The molecule has 1 saturated heterocycles. The van der Waals surface area contributed by atoms with Crippen molar-refractivity contribution in [1.29, 1.82) is 0 Å². The third kappa shape index (κ3) is 7.56. The highest BCUT2D eigenvalue weighted by molar-refractivity contribution is 7.91. The lowest BCUT2D eigenvalue weighted by Gasteiger charge is -2.26. The van der Waals surface area contributed by atoms with Crippen molar-refractivity contribution in [3.63, 3.8) is 0 Å². The molecule has 1 aliphatic rings. The number of halogens is 1. The van der Waals surface area contributed by atoms with E-state index in [4.69, 9.17) is 17.0 Å². The predicted octanol–water partition coefficient (Wildman–Crippen LogP) is 4.70. The molecule has 2 aromatic heterocycles. The van der Waals surface area contributed by atoms with Crippen molar-refractivity contribution < 1.29 is 18.5 Å². The molecule has 11 heteroatoms. The van der Waals surface area contributed by atoms with Gasteiger partial charge in [0.2, 0.25) is 5.91 Å². The molecule has 1 fully saturated rings. The zero-order chi connectivity index (χ0) is 27.9. The molecule has 3 heterocycles. The Labute approximate surface area is 243 Å². The van der Waals surface area contributed by atoms with Gasteiger partial charge >= 0.3 is 0 Å². The predicted molar refractivity (Wildman–Crippen MR) is 162 cm³/mol. The SMILES string of the molecule is O=C(Cc1ccccc1)NC(=S)Nc1ccc(Oc2ccnc3cc(C#CCN4CC[S+]([O-])CC4)sc23)c(F)c1. The Morgan fingerprint density at radius 2 is 1.95 bits per heavy atom. The average molecular weight is 593 g/mol. The van der Waals surface area contributed by atoms with Crippen molar-refractivity contribution in [2.24, 2.45) is 0 Å². The van der Waals surface area contributed by atoms with Crippen molar-refractivity contribution in [2.45, 2.75) is 6.42 Å². The summed E-state index contributed by atoms with van der Waals surface area (Å²) in [6.07, 6.45) is 1.79. The lowest BCUT2D eigenvalue weighted by Crippen LogP contribution is -2.40. The first-order valence-electron chi connectivity index (χ1n) is 12.5. The highest BCUT2D eigenvalue weighted by atomic mass is 32.2. The lowest BCUT2D eigenvalue weighted by molar-refractivity contribution is -0.119. The molecule has 2 N–H and O–H groups in total. The van der Waals surface area contributed by atoms with Gasteiger partial charge in [0.05, 0.1) is 28.1 Å². The van der Waals surface area contributed by atoms with Crippen molar-refractivity contribution in [3.05, 3.63) is 83.1 Å². The molecule has 0 saturated carbocycles. The number of carbonyl (C=O) groups is 1. The van der Waals surface area contributed by atoms with E-state index < -0.39 is 17.0 Å². The molecule has 0 bridgehead atoms. The van der Waals surface area contributed by atoms with Crippen LogP contribution in [0.4, 0.5) is 10.1 Å². The maximum absolute atomic E-state index is 15.0. The number of aromatic nitrogens is 1. The van der Waals surface area contributed by atoms with E-state index in [0.29, 0.717) is 29.5 Å². The zero-order valence-electron chi connectivity index (χ0n) is 21.3. The van der Waals surface area contributed by atoms with Gasteiger partial charge in [-0.3, -0.25) is 14.7 Å². The number of amides is 1. The fraction of sp³-hybridized carbons (Fsp3) is 0.207. The summed E-state index contributed by atoms with van der Waals surface area (Å²) in [6, 6.07) is 17.3. The summed E-state index contributed by atoms with van der Waals surface area (Å²) in [4.78, 5) is 19.7. The van der Waals surface area contributed by atoms with Crippen LogP contribution in [0.3, 0.4) is 0 Å². The molecule has 0 unspecified atom stereocenters. The van der Waals surface area contributed by atoms with Gasteiger partial charge in [-0.2, -0.15) is 0 Å². The number of thiocarbonyl (C=S) groups is 1. The van der Waals surface area contributed by atoms with Crippen LogP contribution in [0.25, 0.3) is 10.2 Å². The van der Waals surface area contributed by atoms with E-state index >= 15 is 0 Å². The number of hydrogen-bond donors (Lipinski definition) is 2. The van der Waals surface area contributed by atoms with E-state index in [1.54, 1.807) is 18.3 Å². The second-order valence-electron chi connectivity index (χ2n) is 8.97. The largest absolute Gasteiger partial charge is 0.616 e. The molecule has 1 amide bonds. The van der Waals surface area contributed by atoms with E-state index in [1.165, 1.54) is 23.5 Å². The highest BCUT2D eigenvalue weighted by Gasteiger charge is 2.18. The minimum atomic E-state index is -0.708. The first-order valence-corrected chi connectivity index (χ1v) is 15.2. The van der Waals surface area contributed by atoms with Gasteiger partial charge < -0.3 is 19.9 Å². The Morgan fingerprint density at radius 1 is 1.15 bits per heavy atom. The van der Waals surface area contributed by atoms with Crippen LogP contribution in [-0.2, 0) is 22.4 Å². The van der Waals surface area contributed by atoms with Crippen molar-refractivity contribution in [1.82, 2.24) is 15.2 Å². The number of benzene rings is 2. The molecule has 40 heavy (non-hydrogen) atoms. The highest BCUT2D eigenvalue weighted by Crippen LogP contribution is 2.36. The smallest absolute Gasteiger partial charge is 0.230 e. The number of anilines is 1.